The van der Waals surface area contributed by atoms with Crippen molar-refractivity contribution in [3.8, 4) is 0 Å². The van der Waals surface area contributed by atoms with E-state index in [1.54, 1.807) is 0 Å². The quantitative estimate of drug-likeness (QED) is 0.746. The van der Waals surface area contributed by atoms with Crippen LogP contribution in [0.4, 0.5) is 0 Å². The molecule has 1 atom stereocenters. The first kappa shape index (κ1) is 13.2. The van der Waals surface area contributed by atoms with Crippen molar-refractivity contribution in [1.82, 2.24) is 4.90 Å². The van der Waals surface area contributed by atoms with E-state index < -0.39 is 0 Å². The molecule has 17 heavy (non-hydrogen) atoms. The van der Waals surface area contributed by atoms with Crippen molar-refractivity contribution in [1.29, 1.82) is 0 Å². The average molecular weight is 272 g/mol. The third-order valence-corrected chi connectivity index (χ3v) is 4.17. The number of benzene rings is 1. The molecule has 0 bridgehead atoms. The normalized spacial score (nSPS) is 20.4. The fraction of sp³-hybridized carbons (Fsp3) is 0.571. The van der Waals surface area contributed by atoms with Gasteiger partial charge in [0.15, 0.2) is 0 Å². The summed E-state index contributed by atoms with van der Waals surface area (Å²) in [4.78, 5) is 2.49. The zero-order valence-corrected chi connectivity index (χ0v) is 11.7. The summed E-state index contributed by atoms with van der Waals surface area (Å²) in [7, 11) is 0. The molecule has 0 radical (unpaired) electrons. The molecule has 1 aromatic rings. The Labute approximate surface area is 114 Å². The first-order chi connectivity index (χ1) is 8.15. The van der Waals surface area contributed by atoms with Crippen molar-refractivity contribution in [2.45, 2.75) is 31.7 Å². The summed E-state index contributed by atoms with van der Waals surface area (Å²) in [6.45, 7) is 5.41. The maximum atomic E-state index is 6.15. The second-order valence-electron chi connectivity index (χ2n) is 4.92. The molecule has 1 saturated heterocycles. The summed E-state index contributed by atoms with van der Waals surface area (Å²) >= 11 is 12.1. The van der Waals surface area contributed by atoms with Crippen LogP contribution in [0, 0.1) is 5.92 Å². The zero-order chi connectivity index (χ0) is 12.3. The van der Waals surface area contributed by atoms with Crippen molar-refractivity contribution < 1.29 is 0 Å². The third-order valence-electron chi connectivity index (χ3n) is 3.58. The molecule has 1 nitrogen and oxygen atoms in total. The minimum absolute atomic E-state index is 0.309. The van der Waals surface area contributed by atoms with Gasteiger partial charge in [0.25, 0.3) is 0 Å². The summed E-state index contributed by atoms with van der Waals surface area (Å²) in [5.41, 5.74) is 1.30. The highest BCUT2D eigenvalue weighted by molar-refractivity contribution is 6.30. The van der Waals surface area contributed by atoms with Gasteiger partial charge in [-0.05, 0) is 56.5 Å². The van der Waals surface area contributed by atoms with E-state index in [1.807, 2.05) is 12.1 Å². The molecule has 1 heterocycles. The molecule has 2 rings (SSSR count). The highest BCUT2D eigenvalue weighted by Gasteiger charge is 2.22. The number of hydrogen-bond acceptors (Lipinski definition) is 1. The number of likely N-dealkylation sites (tertiary alicyclic amines) is 1. The molecule has 0 aromatic heterocycles. The van der Waals surface area contributed by atoms with Crippen LogP contribution in [0.2, 0.25) is 5.02 Å². The van der Waals surface area contributed by atoms with Crippen molar-refractivity contribution >= 4 is 23.2 Å². The lowest BCUT2D eigenvalue weighted by molar-refractivity contribution is 0.176. The van der Waals surface area contributed by atoms with Gasteiger partial charge in [-0.25, -0.2) is 0 Å². The molecule has 0 saturated carbocycles. The Bertz CT molecular complexity index is 357. The maximum Gasteiger partial charge on any atom is 0.0409 e. The van der Waals surface area contributed by atoms with Crippen LogP contribution in [-0.4, -0.2) is 23.4 Å². The number of halogens is 2. The summed E-state index contributed by atoms with van der Waals surface area (Å²) < 4.78 is 0. The van der Waals surface area contributed by atoms with Crippen molar-refractivity contribution in [3.63, 3.8) is 0 Å². The molecular formula is C14H19Cl2N. The molecule has 0 N–H and O–H groups in total. The molecule has 1 fully saturated rings. The second-order valence-corrected chi connectivity index (χ2v) is 6.05. The van der Waals surface area contributed by atoms with Crippen molar-refractivity contribution in [3.05, 3.63) is 34.9 Å². The van der Waals surface area contributed by atoms with Gasteiger partial charge in [-0.2, -0.15) is 0 Å². The van der Waals surface area contributed by atoms with Gasteiger partial charge < -0.3 is 0 Å². The van der Waals surface area contributed by atoms with E-state index in [4.69, 9.17) is 23.2 Å². The van der Waals surface area contributed by atoms with Gasteiger partial charge in [0.2, 0.25) is 0 Å². The van der Waals surface area contributed by atoms with E-state index >= 15 is 0 Å². The zero-order valence-electron chi connectivity index (χ0n) is 10.2. The fourth-order valence-electron chi connectivity index (χ4n) is 2.46. The van der Waals surface area contributed by atoms with Crippen molar-refractivity contribution in [2.24, 2.45) is 5.92 Å². The predicted octanol–water partition coefficient (Wildman–Crippen LogP) is 4.18. The number of hydrogen-bond donors (Lipinski definition) is 0. The van der Waals surface area contributed by atoms with Gasteiger partial charge in [0.1, 0.15) is 0 Å². The Morgan fingerprint density at radius 1 is 1.35 bits per heavy atom. The predicted molar refractivity (Wildman–Crippen MR) is 74.8 cm³/mol. The Balaban J connectivity index is 1.86. The Morgan fingerprint density at radius 2 is 2.06 bits per heavy atom. The molecule has 3 heteroatoms. The monoisotopic (exact) mass is 271 g/mol. The molecule has 1 aliphatic rings. The summed E-state index contributed by atoms with van der Waals surface area (Å²) in [6, 6.07) is 8.14. The van der Waals surface area contributed by atoms with Gasteiger partial charge >= 0.3 is 0 Å². The summed E-state index contributed by atoms with van der Waals surface area (Å²) in [5.74, 6) is 0.687. The van der Waals surface area contributed by atoms with E-state index in [0.717, 1.165) is 24.7 Å². The van der Waals surface area contributed by atoms with E-state index in [0.29, 0.717) is 11.3 Å². The van der Waals surface area contributed by atoms with Gasteiger partial charge in [-0.15, -0.1) is 11.6 Å². The number of alkyl halides is 1. The number of nitrogens with zero attached hydrogens (tertiary/aromatic N) is 1. The molecule has 94 valence electrons. The van der Waals surface area contributed by atoms with Crippen LogP contribution in [0.5, 0.6) is 0 Å². The fourth-order valence-corrected chi connectivity index (χ4v) is 2.93. The molecule has 1 aliphatic heterocycles. The van der Waals surface area contributed by atoms with Crippen LogP contribution >= 0.6 is 23.2 Å². The summed E-state index contributed by atoms with van der Waals surface area (Å²) in [5, 5.41) is 1.13. The molecule has 1 unspecified atom stereocenters. The lowest BCUT2D eigenvalue weighted by atomic mass is 9.94. The SMILES string of the molecule is CC(Cl)C1CCN(Cc2cccc(Cl)c2)CC1. The average Bonchev–Trinajstić information content (AvgIpc) is 2.29. The van der Waals surface area contributed by atoms with E-state index in [2.05, 4.69) is 24.0 Å². The number of rotatable bonds is 3. The van der Waals surface area contributed by atoms with Crippen LogP contribution in [0.25, 0.3) is 0 Å². The largest absolute Gasteiger partial charge is 0.299 e. The Hall–Kier alpha value is -0.240. The van der Waals surface area contributed by atoms with Gasteiger partial charge in [0.05, 0.1) is 0 Å². The Kier molecular flexibility index (Phi) is 4.72. The smallest absolute Gasteiger partial charge is 0.0409 e. The highest BCUT2D eigenvalue weighted by atomic mass is 35.5. The van der Waals surface area contributed by atoms with Crippen LogP contribution in [0.3, 0.4) is 0 Å². The van der Waals surface area contributed by atoms with Gasteiger partial charge in [-0.3, -0.25) is 4.90 Å². The molecule has 0 spiro atoms. The van der Waals surface area contributed by atoms with Crippen LogP contribution in [0.15, 0.2) is 24.3 Å². The third kappa shape index (κ3) is 3.87. The van der Waals surface area contributed by atoms with Crippen molar-refractivity contribution in [2.75, 3.05) is 13.1 Å². The second kappa shape index (κ2) is 6.08. The van der Waals surface area contributed by atoms with Gasteiger partial charge in [-0.1, -0.05) is 23.7 Å². The number of piperidine rings is 1. The van der Waals surface area contributed by atoms with Crippen LogP contribution in [0.1, 0.15) is 25.3 Å². The molecule has 1 aromatic carbocycles. The van der Waals surface area contributed by atoms with Gasteiger partial charge in [0, 0.05) is 16.9 Å². The maximum absolute atomic E-state index is 6.15. The lowest BCUT2D eigenvalue weighted by Crippen LogP contribution is -2.35. The standard InChI is InChI=1S/C14H19Cl2N/c1-11(15)13-5-7-17(8-6-13)10-12-3-2-4-14(16)9-12/h2-4,9,11,13H,5-8,10H2,1H3. The molecular weight excluding hydrogens is 253 g/mol. The minimum atomic E-state index is 0.309. The molecule has 0 aliphatic carbocycles. The van der Waals surface area contributed by atoms with E-state index in [-0.39, 0.29) is 0 Å². The van der Waals surface area contributed by atoms with E-state index in [9.17, 15) is 0 Å². The highest BCUT2D eigenvalue weighted by Crippen LogP contribution is 2.25. The topological polar surface area (TPSA) is 3.24 Å². The molecule has 0 amide bonds. The lowest BCUT2D eigenvalue weighted by Gasteiger charge is -2.33. The van der Waals surface area contributed by atoms with E-state index in [1.165, 1.54) is 18.4 Å². The van der Waals surface area contributed by atoms with Crippen LogP contribution < -0.4 is 0 Å². The summed E-state index contributed by atoms with van der Waals surface area (Å²) in [6.07, 6.45) is 2.43. The minimum Gasteiger partial charge on any atom is -0.299 e. The first-order valence-electron chi connectivity index (χ1n) is 6.26. The van der Waals surface area contributed by atoms with Crippen LogP contribution in [-0.2, 0) is 6.54 Å². The Morgan fingerprint density at radius 3 is 2.65 bits per heavy atom. The first-order valence-corrected chi connectivity index (χ1v) is 7.07.